The van der Waals surface area contributed by atoms with E-state index in [9.17, 15) is 18.0 Å². The number of halogens is 3. The van der Waals surface area contributed by atoms with E-state index < -0.39 is 11.9 Å². The zero-order valence-electron chi connectivity index (χ0n) is 15.9. The second-order valence-electron chi connectivity index (χ2n) is 7.67. The monoisotopic (exact) mass is 401 g/mol. The van der Waals surface area contributed by atoms with Gasteiger partial charge in [0.2, 0.25) is 0 Å². The number of likely N-dealkylation sites (N-methyl/N-ethyl adjacent to an activating group) is 1. The van der Waals surface area contributed by atoms with Gasteiger partial charge in [-0.3, -0.25) is 9.69 Å². The van der Waals surface area contributed by atoms with Crippen LogP contribution in [0.25, 0.3) is 0 Å². The maximum atomic E-state index is 12.9. The van der Waals surface area contributed by atoms with Crippen molar-refractivity contribution < 1.29 is 27.4 Å². The van der Waals surface area contributed by atoms with E-state index in [0.717, 1.165) is 25.7 Å². The number of hydrogen-bond donors (Lipinski definition) is 1. The fraction of sp³-hybridized carbons (Fsp3) is 0.684. The maximum Gasteiger partial charge on any atom is 0.572 e. The fourth-order valence-corrected chi connectivity index (χ4v) is 4.09. The lowest BCUT2D eigenvalue weighted by atomic mass is 9.79. The minimum atomic E-state index is -4.74. The molecule has 0 bridgehead atoms. The third-order valence-corrected chi connectivity index (χ3v) is 5.49. The van der Waals surface area contributed by atoms with Crippen LogP contribution in [0, 0.1) is 5.92 Å². The Morgan fingerprint density at radius 3 is 2.64 bits per heavy atom. The number of allylic oxidation sites excluding steroid dienone is 3. The lowest BCUT2D eigenvalue weighted by molar-refractivity contribution is -0.306. The molecule has 0 aromatic carbocycles. The van der Waals surface area contributed by atoms with Gasteiger partial charge in [-0.2, -0.15) is 0 Å². The van der Waals surface area contributed by atoms with Gasteiger partial charge in [0, 0.05) is 19.5 Å². The summed E-state index contributed by atoms with van der Waals surface area (Å²) in [6.45, 7) is -0.0605. The highest BCUT2D eigenvalue weighted by atomic mass is 19.4. The number of ether oxygens (including phenoxy) is 2. The van der Waals surface area contributed by atoms with Crippen LogP contribution in [0.5, 0.6) is 0 Å². The Labute approximate surface area is 162 Å². The maximum absolute atomic E-state index is 12.9. The van der Waals surface area contributed by atoms with Crippen molar-refractivity contribution in [2.45, 2.75) is 63.3 Å². The number of aliphatic imine (C=N–C) groups is 1. The molecule has 0 saturated heterocycles. The highest BCUT2D eigenvalue weighted by Gasteiger charge is 2.48. The first-order valence-electron chi connectivity index (χ1n) is 9.61. The van der Waals surface area contributed by atoms with Crippen molar-refractivity contribution in [2.24, 2.45) is 16.6 Å². The lowest BCUT2D eigenvalue weighted by Gasteiger charge is -2.31. The number of alkyl halides is 3. The van der Waals surface area contributed by atoms with Gasteiger partial charge in [0.1, 0.15) is 18.1 Å². The number of nitrogens with two attached hydrogens (primary N) is 1. The molecule has 1 aliphatic heterocycles. The Hall–Kier alpha value is -2.19. The number of hydrogen-bond acceptors (Lipinski definition) is 5. The normalized spacial score (nSPS) is 26.6. The van der Waals surface area contributed by atoms with E-state index in [4.69, 9.17) is 10.5 Å². The summed E-state index contributed by atoms with van der Waals surface area (Å²) in [5.41, 5.74) is 4.75. The van der Waals surface area contributed by atoms with Crippen LogP contribution in [0.15, 0.2) is 28.7 Å². The van der Waals surface area contributed by atoms with Crippen molar-refractivity contribution in [1.29, 1.82) is 0 Å². The first-order chi connectivity index (χ1) is 13.2. The van der Waals surface area contributed by atoms with Gasteiger partial charge in [0.25, 0.3) is 5.91 Å². The predicted octanol–water partition coefficient (Wildman–Crippen LogP) is 3.60. The third-order valence-electron chi connectivity index (χ3n) is 5.49. The second-order valence-corrected chi connectivity index (χ2v) is 7.67. The van der Waals surface area contributed by atoms with Crippen molar-refractivity contribution in [3.63, 3.8) is 0 Å². The summed E-state index contributed by atoms with van der Waals surface area (Å²) < 4.78 is 47.1. The number of carbonyl (C=O) groups is 1. The van der Waals surface area contributed by atoms with Gasteiger partial charge in [-0.15, -0.1) is 13.2 Å². The van der Waals surface area contributed by atoms with Crippen LogP contribution < -0.4 is 5.73 Å². The van der Waals surface area contributed by atoms with Gasteiger partial charge >= 0.3 is 6.36 Å². The zero-order chi connectivity index (χ0) is 20.4. The Morgan fingerprint density at radius 2 is 2.04 bits per heavy atom. The summed E-state index contributed by atoms with van der Waals surface area (Å²) in [7, 11) is 1.57. The van der Waals surface area contributed by atoms with Crippen LogP contribution in [0.3, 0.4) is 0 Å². The largest absolute Gasteiger partial charge is 0.572 e. The summed E-state index contributed by atoms with van der Waals surface area (Å²) in [6.07, 6.45) is 4.71. The molecule has 156 valence electrons. The quantitative estimate of drug-likeness (QED) is 0.738. The molecule has 1 unspecified atom stereocenters. The Bertz CT molecular complexity index is 696. The number of rotatable bonds is 6. The van der Waals surface area contributed by atoms with Crippen LogP contribution in [-0.4, -0.2) is 42.3 Å². The summed E-state index contributed by atoms with van der Waals surface area (Å²) in [6, 6.07) is 0. The molecule has 1 atom stereocenters. The molecule has 0 aromatic heterocycles. The molecule has 1 amide bonds. The van der Waals surface area contributed by atoms with Gasteiger partial charge in [0.15, 0.2) is 11.5 Å². The minimum Gasteiger partial charge on any atom is -0.491 e. The van der Waals surface area contributed by atoms with Crippen LogP contribution in [0.2, 0.25) is 0 Å². The molecular weight excluding hydrogens is 375 g/mol. The van der Waals surface area contributed by atoms with E-state index in [1.807, 2.05) is 0 Å². The van der Waals surface area contributed by atoms with Crippen LogP contribution >= 0.6 is 0 Å². The average Bonchev–Trinajstić information content (AvgIpc) is 2.84. The molecular formula is C19H26F3N3O3. The van der Waals surface area contributed by atoms with E-state index in [-0.39, 0.29) is 36.4 Å². The van der Waals surface area contributed by atoms with Crippen molar-refractivity contribution in [1.82, 2.24) is 4.90 Å². The Kier molecular flexibility index (Phi) is 5.90. The smallest absolute Gasteiger partial charge is 0.491 e. The van der Waals surface area contributed by atoms with Crippen LogP contribution in [0.4, 0.5) is 13.2 Å². The summed E-state index contributed by atoms with van der Waals surface area (Å²) in [5, 5.41) is 0. The van der Waals surface area contributed by atoms with Gasteiger partial charge < -0.3 is 15.2 Å². The molecule has 3 aliphatic rings. The van der Waals surface area contributed by atoms with Gasteiger partial charge in [-0.25, -0.2) is 4.99 Å². The standard InChI is InChI=1S/C19H26F3N3O3/c1-25-16(26)18(24-17(25)23,11-13-6-3-2-4-7-13)12-27-14-8-5-9-15(10-14)28-19(20,21)22/h8,10,13H,2-7,9,11-12H2,1H3,(H2,23,24). The minimum absolute atomic E-state index is 0.0605. The van der Waals surface area contributed by atoms with E-state index in [1.165, 1.54) is 17.4 Å². The third kappa shape index (κ3) is 4.80. The summed E-state index contributed by atoms with van der Waals surface area (Å²) in [4.78, 5) is 18.6. The molecule has 0 radical (unpaired) electrons. The summed E-state index contributed by atoms with van der Waals surface area (Å²) in [5.74, 6) is 0.305. The van der Waals surface area contributed by atoms with E-state index in [0.29, 0.717) is 18.8 Å². The number of carbonyl (C=O) groups excluding carboxylic acids is 1. The molecule has 2 N–H and O–H groups in total. The molecule has 2 aliphatic carbocycles. The van der Waals surface area contributed by atoms with Crippen LogP contribution in [0.1, 0.15) is 51.4 Å². The van der Waals surface area contributed by atoms with Crippen molar-refractivity contribution >= 4 is 11.9 Å². The second kappa shape index (κ2) is 8.05. The Balaban J connectivity index is 1.72. The number of guanidine groups is 1. The first kappa shape index (κ1) is 20.5. The van der Waals surface area contributed by atoms with Crippen molar-refractivity contribution in [3.8, 4) is 0 Å². The molecule has 1 saturated carbocycles. The van der Waals surface area contributed by atoms with Crippen molar-refractivity contribution in [2.75, 3.05) is 13.7 Å². The van der Waals surface area contributed by atoms with Crippen molar-refractivity contribution in [3.05, 3.63) is 23.7 Å². The van der Waals surface area contributed by atoms with E-state index in [1.54, 1.807) is 13.1 Å². The van der Waals surface area contributed by atoms with Gasteiger partial charge in [-0.05, 0) is 24.8 Å². The van der Waals surface area contributed by atoms with Gasteiger partial charge in [-0.1, -0.05) is 32.1 Å². The molecule has 6 nitrogen and oxygen atoms in total. The average molecular weight is 401 g/mol. The summed E-state index contributed by atoms with van der Waals surface area (Å²) >= 11 is 0. The molecule has 3 rings (SSSR count). The zero-order valence-corrected chi connectivity index (χ0v) is 15.9. The molecule has 1 heterocycles. The van der Waals surface area contributed by atoms with E-state index in [2.05, 4.69) is 9.73 Å². The van der Waals surface area contributed by atoms with E-state index >= 15 is 0 Å². The van der Waals surface area contributed by atoms with Gasteiger partial charge in [0.05, 0.1) is 0 Å². The fourth-order valence-electron chi connectivity index (χ4n) is 4.09. The highest BCUT2D eigenvalue weighted by molar-refractivity contribution is 6.06. The number of nitrogens with zero attached hydrogens (tertiary/aromatic N) is 2. The SMILES string of the molecule is CN1C(=O)C(COC2=CCCC(OC(F)(F)F)=C2)(CC2CCCCC2)N=C1N. The lowest BCUT2D eigenvalue weighted by Crippen LogP contribution is -2.46. The molecule has 1 fully saturated rings. The highest BCUT2D eigenvalue weighted by Crippen LogP contribution is 2.36. The molecule has 0 spiro atoms. The Morgan fingerprint density at radius 1 is 1.32 bits per heavy atom. The molecule has 0 aromatic rings. The predicted molar refractivity (Wildman–Crippen MR) is 96.8 cm³/mol. The topological polar surface area (TPSA) is 77.2 Å². The molecule has 9 heteroatoms. The van der Waals surface area contributed by atoms with Crippen LogP contribution in [-0.2, 0) is 14.3 Å². The number of amides is 1. The molecule has 28 heavy (non-hydrogen) atoms. The first-order valence-corrected chi connectivity index (χ1v) is 9.61.